The predicted molar refractivity (Wildman–Crippen MR) is 73.1 cm³/mol. The maximum Gasteiger partial charge on any atom is 0.317 e. The third kappa shape index (κ3) is 4.70. The first-order chi connectivity index (χ1) is 8.97. The van der Waals surface area contributed by atoms with E-state index in [1.54, 1.807) is 4.90 Å². The number of carbonyl (C=O) groups excluding carboxylic acids is 1. The van der Waals surface area contributed by atoms with Gasteiger partial charge in [-0.25, -0.2) is 4.79 Å². The summed E-state index contributed by atoms with van der Waals surface area (Å²) in [7, 11) is 0. The SMILES string of the molecule is CCN(CC)CC(C)NC(=O)N1CCC(C(=O)O)C1. The van der Waals surface area contributed by atoms with E-state index in [9.17, 15) is 9.59 Å². The van der Waals surface area contributed by atoms with Crippen LogP contribution in [0.1, 0.15) is 27.2 Å². The molecule has 0 aromatic rings. The molecule has 6 nitrogen and oxygen atoms in total. The zero-order valence-corrected chi connectivity index (χ0v) is 12.1. The van der Waals surface area contributed by atoms with E-state index in [0.717, 1.165) is 19.6 Å². The second kappa shape index (κ2) is 7.33. The van der Waals surface area contributed by atoms with Crippen molar-refractivity contribution in [1.29, 1.82) is 0 Å². The summed E-state index contributed by atoms with van der Waals surface area (Å²) in [6.45, 7) is 9.74. The summed E-state index contributed by atoms with van der Waals surface area (Å²) < 4.78 is 0. The number of aliphatic carboxylic acids is 1. The third-order valence-electron chi connectivity index (χ3n) is 3.62. The molecular weight excluding hydrogens is 246 g/mol. The van der Waals surface area contributed by atoms with Gasteiger partial charge in [0.2, 0.25) is 0 Å². The third-order valence-corrected chi connectivity index (χ3v) is 3.62. The number of carbonyl (C=O) groups is 2. The Labute approximate surface area is 114 Å². The Kier molecular flexibility index (Phi) is 6.08. The fourth-order valence-electron chi connectivity index (χ4n) is 2.36. The molecule has 0 aromatic heterocycles. The Morgan fingerprint density at radius 1 is 1.42 bits per heavy atom. The number of rotatable bonds is 6. The predicted octanol–water partition coefficient (Wildman–Crippen LogP) is 0.833. The normalized spacial score (nSPS) is 20.6. The van der Waals surface area contributed by atoms with E-state index in [2.05, 4.69) is 24.1 Å². The second-order valence-electron chi connectivity index (χ2n) is 5.11. The van der Waals surface area contributed by atoms with Crippen LogP contribution in [0.25, 0.3) is 0 Å². The topological polar surface area (TPSA) is 72.9 Å². The average Bonchev–Trinajstić information content (AvgIpc) is 2.85. The van der Waals surface area contributed by atoms with Gasteiger partial charge in [0.25, 0.3) is 0 Å². The number of hydrogen-bond donors (Lipinski definition) is 2. The molecule has 2 amide bonds. The lowest BCUT2D eigenvalue weighted by Crippen LogP contribution is -2.47. The van der Waals surface area contributed by atoms with Crippen molar-refractivity contribution in [3.63, 3.8) is 0 Å². The van der Waals surface area contributed by atoms with Gasteiger partial charge in [-0.05, 0) is 26.4 Å². The molecular formula is C13H25N3O3. The molecule has 1 fully saturated rings. The maximum absolute atomic E-state index is 12.0. The van der Waals surface area contributed by atoms with Crippen molar-refractivity contribution in [2.24, 2.45) is 5.92 Å². The van der Waals surface area contributed by atoms with Gasteiger partial charge >= 0.3 is 12.0 Å². The molecule has 1 rings (SSSR count). The summed E-state index contributed by atoms with van der Waals surface area (Å²) >= 11 is 0. The summed E-state index contributed by atoms with van der Waals surface area (Å²) in [4.78, 5) is 26.7. The van der Waals surface area contributed by atoms with Gasteiger partial charge < -0.3 is 20.2 Å². The number of nitrogens with zero attached hydrogens (tertiary/aromatic N) is 2. The highest BCUT2D eigenvalue weighted by molar-refractivity contribution is 5.77. The first kappa shape index (κ1) is 15.8. The van der Waals surface area contributed by atoms with Gasteiger partial charge in [0.15, 0.2) is 0 Å². The summed E-state index contributed by atoms with van der Waals surface area (Å²) in [5, 5.41) is 11.8. The number of amides is 2. The number of likely N-dealkylation sites (N-methyl/N-ethyl adjacent to an activating group) is 1. The van der Waals surface area contributed by atoms with Crippen molar-refractivity contribution in [2.45, 2.75) is 33.2 Å². The van der Waals surface area contributed by atoms with Crippen LogP contribution < -0.4 is 5.32 Å². The van der Waals surface area contributed by atoms with Crippen LogP contribution in [-0.2, 0) is 4.79 Å². The molecule has 0 radical (unpaired) electrons. The molecule has 110 valence electrons. The lowest BCUT2D eigenvalue weighted by molar-refractivity contribution is -0.141. The quantitative estimate of drug-likeness (QED) is 0.750. The highest BCUT2D eigenvalue weighted by Gasteiger charge is 2.31. The molecule has 2 N–H and O–H groups in total. The molecule has 1 aliphatic rings. The molecule has 0 aliphatic carbocycles. The molecule has 0 aromatic carbocycles. The zero-order valence-electron chi connectivity index (χ0n) is 12.1. The lowest BCUT2D eigenvalue weighted by atomic mass is 10.1. The molecule has 0 bridgehead atoms. The Bertz CT molecular complexity index is 318. The fraction of sp³-hybridized carbons (Fsp3) is 0.846. The van der Waals surface area contributed by atoms with E-state index in [1.807, 2.05) is 6.92 Å². The van der Waals surface area contributed by atoms with Crippen molar-refractivity contribution in [2.75, 3.05) is 32.7 Å². The van der Waals surface area contributed by atoms with Gasteiger partial charge in [0, 0.05) is 25.7 Å². The van der Waals surface area contributed by atoms with Gasteiger partial charge in [-0.15, -0.1) is 0 Å². The van der Waals surface area contributed by atoms with Crippen molar-refractivity contribution in [3.8, 4) is 0 Å². The van der Waals surface area contributed by atoms with Crippen LogP contribution >= 0.6 is 0 Å². The Morgan fingerprint density at radius 3 is 2.53 bits per heavy atom. The standard InChI is InChI=1S/C13H25N3O3/c1-4-15(5-2)8-10(3)14-13(19)16-7-6-11(9-16)12(17)18/h10-11H,4-9H2,1-3H3,(H,14,19)(H,17,18). The maximum atomic E-state index is 12.0. The van der Waals surface area contributed by atoms with Crippen LogP contribution in [0, 0.1) is 5.92 Å². The number of carboxylic acid groups (broad SMARTS) is 1. The number of likely N-dealkylation sites (tertiary alicyclic amines) is 1. The van der Waals surface area contributed by atoms with Crippen molar-refractivity contribution < 1.29 is 14.7 Å². The fourth-order valence-corrected chi connectivity index (χ4v) is 2.36. The number of nitrogens with one attached hydrogen (secondary N) is 1. The van der Waals surface area contributed by atoms with Gasteiger partial charge in [-0.1, -0.05) is 13.8 Å². The largest absolute Gasteiger partial charge is 0.481 e. The molecule has 1 heterocycles. The molecule has 1 saturated heterocycles. The average molecular weight is 271 g/mol. The molecule has 0 saturated carbocycles. The van der Waals surface area contributed by atoms with Crippen molar-refractivity contribution in [3.05, 3.63) is 0 Å². The first-order valence-electron chi connectivity index (χ1n) is 6.98. The van der Waals surface area contributed by atoms with E-state index >= 15 is 0 Å². The van der Waals surface area contributed by atoms with Crippen LogP contribution in [-0.4, -0.2) is 65.7 Å². The van der Waals surface area contributed by atoms with Crippen LogP contribution in [0.15, 0.2) is 0 Å². The van der Waals surface area contributed by atoms with Crippen LogP contribution in [0.5, 0.6) is 0 Å². The van der Waals surface area contributed by atoms with Gasteiger partial charge in [0.1, 0.15) is 0 Å². The summed E-state index contributed by atoms with van der Waals surface area (Å²) in [5.74, 6) is -1.23. The van der Waals surface area contributed by atoms with Gasteiger partial charge in [-0.3, -0.25) is 4.79 Å². The number of urea groups is 1. The summed E-state index contributed by atoms with van der Waals surface area (Å²) in [5.41, 5.74) is 0. The highest BCUT2D eigenvalue weighted by Crippen LogP contribution is 2.16. The van der Waals surface area contributed by atoms with E-state index in [1.165, 1.54) is 0 Å². The zero-order chi connectivity index (χ0) is 14.4. The van der Waals surface area contributed by atoms with Crippen LogP contribution in [0.4, 0.5) is 4.79 Å². The summed E-state index contributed by atoms with van der Waals surface area (Å²) in [6, 6.07) is -0.0836. The van der Waals surface area contributed by atoms with Gasteiger partial charge in [-0.2, -0.15) is 0 Å². The molecule has 1 aliphatic heterocycles. The molecule has 0 spiro atoms. The smallest absolute Gasteiger partial charge is 0.317 e. The Balaban J connectivity index is 2.37. The molecule has 19 heavy (non-hydrogen) atoms. The Hall–Kier alpha value is -1.30. The van der Waals surface area contributed by atoms with Crippen molar-refractivity contribution in [1.82, 2.24) is 15.1 Å². The first-order valence-corrected chi connectivity index (χ1v) is 6.98. The van der Waals surface area contributed by atoms with E-state index in [4.69, 9.17) is 5.11 Å². The van der Waals surface area contributed by atoms with E-state index in [0.29, 0.717) is 19.5 Å². The van der Waals surface area contributed by atoms with E-state index in [-0.39, 0.29) is 12.1 Å². The minimum atomic E-state index is -0.813. The molecule has 6 heteroatoms. The molecule has 2 atom stereocenters. The lowest BCUT2D eigenvalue weighted by Gasteiger charge is -2.25. The molecule has 2 unspecified atom stereocenters. The highest BCUT2D eigenvalue weighted by atomic mass is 16.4. The van der Waals surface area contributed by atoms with E-state index < -0.39 is 11.9 Å². The number of hydrogen-bond acceptors (Lipinski definition) is 3. The second-order valence-corrected chi connectivity index (χ2v) is 5.11. The summed E-state index contributed by atoms with van der Waals surface area (Å²) in [6.07, 6.45) is 0.549. The van der Waals surface area contributed by atoms with Crippen molar-refractivity contribution >= 4 is 12.0 Å². The van der Waals surface area contributed by atoms with Crippen LogP contribution in [0.3, 0.4) is 0 Å². The monoisotopic (exact) mass is 271 g/mol. The van der Waals surface area contributed by atoms with Crippen LogP contribution in [0.2, 0.25) is 0 Å². The minimum absolute atomic E-state index is 0.0660. The van der Waals surface area contributed by atoms with Gasteiger partial charge in [0.05, 0.1) is 5.92 Å². The minimum Gasteiger partial charge on any atom is -0.481 e. The Morgan fingerprint density at radius 2 is 2.05 bits per heavy atom. The number of carboxylic acids is 1.